The van der Waals surface area contributed by atoms with E-state index in [0.29, 0.717) is 29.8 Å². The highest BCUT2D eigenvalue weighted by molar-refractivity contribution is 6.31. The van der Waals surface area contributed by atoms with Crippen molar-refractivity contribution in [2.75, 3.05) is 18.8 Å². The van der Waals surface area contributed by atoms with Gasteiger partial charge in [0.2, 0.25) is 5.95 Å². The number of halogens is 1. The first-order valence-corrected chi connectivity index (χ1v) is 7.61. The third-order valence-electron chi connectivity index (χ3n) is 4.15. The lowest BCUT2D eigenvalue weighted by atomic mass is 9.96. The number of hydrogen-bond acceptors (Lipinski definition) is 4. The molecule has 0 aromatic carbocycles. The first-order valence-electron chi connectivity index (χ1n) is 7.23. The number of aryl methyl sites for hydroxylation is 2. The summed E-state index contributed by atoms with van der Waals surface area (Å²) in [4.78, 5) is 18.7. The first-order chi connectivity index (χ1) is 10.5. The van der Waals surface area contributed by atoms with Gasteiger partial charge in [-0.05, 0) is 18.9 Å². The molecule has 1 aliphatic heterocycles. The second-order valence-corrected chi connectivity index (χ2v) is 6.11. The third kappa shape index (κ3) is 2.68. The summed E-state index contributed by atoms with van der Waals surface area (Å²) in [5.41, 5.74) is 6.34. The summed E-state index contributed by atoms with van der Waals surface area (Å²) in [6, 6.07) is 1.71. The number of amides is 1. The van der Waals surface area contributed by atoms with Crippen LogP contribution in [-0.4, -0.2) is 43.2 Å². The minimum Gasteiger partial charge on any atom is -0.368 e. The normalized spacial score (nSPS) is 16.2. The molecule has 1 fully saturated rings. The molecule has 3 heterocycles. The maximum Gasteiger partial charge on any atom is 0.270 e. The molecule has 2 aromatic heterocycles. The van der Waals surface area contributed by atoms with Crippen LogP contribution in [0.4, 0.5) is 5.95 Å². The molecular weight excluding hydrogens is 304 g/mol. The molecule has 1 saturated heterocycles. The van der Waals surface area contributed by atoms with Gasteiger partial charge < -0.3 is 15.2 Å². The zero-order chi connectivity index (χ0) is 15.9. The number of piperidine rings is 1. The average Bonchev–Trinajstić information content (AvgIpc) is 3.01. The molecule has 0 atom stereocenters. The lowest BCUT2D eigenvalue weighted by Gasteiger charge is -2.30. The summed E-state index contributed by atoms with van der Waals surface area (Å²) in [6.07, 6.45) is 3.42. The predicted octanol–water partition coefficient (Wildman–Crippen LogP) is 1.41. The van der Waals surface area contributed by atoms with Crippen LogP contribution in [0.5, 0.6) is 0 Å². The molecule has 118 valence electrons. The second-order valence-electron chi connectivity index (χ2n) is 5.67. The summed E-state index contributed by atoms with van der Waals surface area (Å²) in [7, 11) is 3.61. The van der Waals surface area contributed by atoms with Crippen molar-refractivity contribution in [1.29, 1.82) is 0 Å². The van der Waals surface area contributed by atoms with Crippen molar-refractivity contribution in [2.45, 2.75) is 18.8 Å². The van der Waals surface area contributed by atoms with Gasteiger partial charge in [-0.1, -0.05) is 11.6 Å². The Labute approximate surface area is 133 Å². The monoisotopic (exact) mass is 322 g/mol. The van der Waals surface area contributed by atoms with Gasteiger partial charge in [-0.25, -0.2) is 4.68 Å². The minimum atomic E-state index is 0.0151. The van der Waals surface area contributed by atoms with E-state index in [9.17, 15) is 4.79 Å². The highest BCUT2D eigenvalue weighted by Gasteiger charge is 2.28. The summed E-state index contributed by atoms with van der Waals surface area (Å²) >= 11 is 5.95. The van der Waals surface area contributed by atoms with Gasteiger partial charge in [0.1, 0.15) is 5.69 Å². The summed E-state index contributed by atoms with van der Waals surface area (Å²) in [5, 5.41) is 4.91. The third-order valence-corrected chi connectivity index (χ3v) is 4.36. The molecule has 0 spiro atoms. The van der Waals surface area contributed by atoms with Gasteiger partial charge in [0.15, 0.2) is 5.82 Å². The van der Waals surface area contributed by atoms with Crippen LogP contribution in [0.1, 0.15) is 35.1 Å². The minimum absolute atomic E-state index is 0.0151. The molecule has 2 aromatic rings. The smallest absolute Gasteiger partial charge is 0.270 e. The maximum absolute atomic E-state index is 12.5. The van der Waals surface area contributed by atoms with Crippen molar-refractivity contribution in [3.63, 3.8) is 0 Å². The van der Waals surface area contributed by atoms with Gasteiger partial charge in [0.05, 0.1) is 5.02 Å². The number of nitrogens with zero attached hydrogens (tertiary/aromatic N) is 5. The molecule has 0 saturated carbocycles. The molecular formula is C14H19ClN6O. The Morgan fingerprint density at radius 3 is 2.55 bits per heavy atom. The Bertz CT molecular complexity index is 679. The molecule has 0 bridgehead atoms. The number of hydrogen-bond donors (Lipinski definition) is 1. The van der Waals surface area contributed by atoms with Crippen LogP contribution < -0.4 is 5.73 Å². The fourth-order valence-electron chi connectivity index (χ4n) is 2.83. The van der Waals surface area contributed by atoms with Crippen LogP contribution in [0, 0.1) is 0 Å². The summed E-state index contributed by atoms with van der Waals surface area (Å²) in [5.74, 6) is 1.46. The van der Waals surface area contributed by atoms with Crippen LogP contribution in [-0.2, 0) is 14.1 Å². The largest absolute Gasteiger partial charge is 0.368 e. The standard InChI is InChI=1S/C14H19ClN6O/c1-19-8-10(15)7-11(19)13(22)21-5-3-9(4-6-21)12-17-14(16)20(2)18-12/h7-9H,3-6H2,1-2H3,(H2,16,17,18). The SMILES string of the molecule is Cn1cc(Cl)cc1C(=O)N1CCC(c2nc(N)n(C)n2)CC1. The van der Waals surface area contributed by atoms with Gasteiger partial charge in [0.25, 0.3) is 5.91 Å². The van der Waals surface area contributed by atoms with E-state index in [1.807, 2.05) is 11.9 Å². The van der Waals surface area contributed by atoms with Crippen molar-refractivity contribution >= 4 is 23.5 Å². The highest BCUT2D eigenvalue weighted by Crippen LogP contribution is 2.27. The Balaban J connectivity index is 1.66. The lowest BCUT2D eigenvalue weighted by Crippen LogP contribution is -2.38. The Morgan fingerprint density at radius 2 is 2.05 bits per heavy atom. The number of rotatable bonds is 2. The molecule has 22 heavy (non-hydrogen) atoms. The van der Waals surface area contributed by atoms with E-state index in [0.717, 1.165) is 18.7 Å². The number of aromatic nitrogens is 4. The maximum atomic E-state index is 12.5. The van der Waals surface area contributed by atoms with Crippen molar-refractivity contribution in [3.05, 3.63) is 28.8 Å². The number of nitrogen functional groups attached to an aromatic ring is 1. The molecule has 0 aliphatic carbocycles. The molecule has 3 rings (SSSR count). The Morgan fingerprint density at radius 1 is 1.36 bits per heavy atom. The molecule has 8 heteroatoms. The predicted molar refractivity (Wildman–Crippen MR) is 83.7 cm³/mol. The number of nitrogens with two attached hydrogens (primary N) is 1. The first kappa shape index (κ1) is 14.9. The second kappa shape index (κ2) is 5.64. The van der Waals surface area contributed by atoms with Crippen molar-refractivity contribution < 1.29 is 4.79 Å². The van der Waals surface area contributed by atoms with Gasteiger partial charge in [-0.15, -0.1) is 0 Å². The van der Waals surface area contributed by atoms with E-state index >= 15 is 0 Å². The summed E-state index contributed by atoms with van der Waals surface area (Å²) < 4.78 is 3.34. The van der Waals surface area contributed by atoms with Gasteiger partial charge >= 0.3 is 0 Å². The van der Waals surface area contributed by atoms with E-state index in [4.69, 9.17) is 17.3 Å². The van der Waals surface area contributed by atoms with Gasteiger partial charge in [-0.2, -0.15) is 10.1 Å². The zero-order valence-corrected chi connectivity index (χ0v) is 13.4. The average molecular weight is 323 g/mol. The molecule has 1 aliphatic rings. The van der Waals surface area contributed by atoms with E-state index < -0.39 is 0 Å². The number of carbonyl (C=O) groups is 1. The zero-order valence-electron chi connectivity index (χ0n) is 12.7. The van der Waals surface area contributed by atoms with E-state index in [1.54, 1.807) is 28.6 Å². The molecule has 0 unspecified atom stereocenters. The van der Waals surface area contributed by atoms with E-state index in [1.165, 1.54) is 0 Å². The molecule has 1 amide bonds. The van der Waals surface area contributed by atoms with Crippen LogP contribution in [0.25, 0.3) is 0 Å². The highest BCUT2D eigenvalue weighted by atomic mass is 35.5. The molecule has 2 N–H and O–H groups in total. The topological polar surface area (TPSA) is 82.0 Å². The fourth-order valence-corrected chi connectivity index (χ4v) is 3.08. The number of likely N-dealkylation sites (tertiary alicyclic amines) is 1. The van der Waals surface area contributed by atoms with Crippen molar-refractivity contribution in [1.82, 2.24) is 24.2 Å². The van der Waals surface area contributed by atoms with E-state index in [-0.39, 0.29) is 11.8 Å². The lowest BCUT2D eigenvalue weighted by molar-refractivity contribution is 0.0701. The van der Waals surface area contributed by atoms with Crippen LogP contribution in [0.3, 0.4) is 0 Å². The van der Waals surface area contributed by atoms with Crippen LogP contribution >= 0.6 is 11.6 Å². The van der Waals surface area contributed by atoms with Crippen molar-refractivity contribution in [2.24, 2.45) is 14.1 Å². The Hall–Kier alpha value is -2.02. The van der Waals surface area contributed by atoms with Crippen LogP contribution in [0.15, 0.2) is 12.3 Å². The van der Waals surface area contributed by atoms with Crippen LogP contribution in [0.2, 0.25) is 5.02 Å². The van der Waals surface area contributed by atoms with E-state index in [2.05, 4.69) is 10.1 Å². The van der Waals surface area contributed by atoms with Crippen molar-refractivity contribution in [3.8, 4) is 0 Å². The number of anilines is 1. The summed E-state index contributed by atoms with van der Waals surface area (Å²) in [6.45, 7) is 1.37. The fraction of sp³-hybridized carbons (Fsp3) is 0.500. The van der Waals surface area contributed by atoms with Gasteiger partial charge in [0, 0.05) is 39.3 Å². The quantitative estimate of drug-likeness (QED) is 0.906. The molecule has 7 nitrogen and oxygen atoms in total. The number of carbonyl (C=O) groups excluding carboxylic acids is 1. The van der Waals surface area contributed by atoms with Gasteiger partial charge in [-0.3, -0.25) is 4.79 Å². The molecule has 0 radical (unpaired) electrons. The Kier molecular flexibility index (Phi) is 3.82.